The predicted molar refractivity (Wildman–Crippen MR) is 71.9 cm³/mol. The van der Waals surface area contributed by atoms with Crippen LogP contribution in [-0.2, 0) is 0 Å². The second-order valence-corrected chi connectivity index (χ2v) is 4.49. The van der Waals surface area contributed by atoms with Crippen molar-refractivity contribution in [1.82, 2.24) is 9.88 Å². The molecule has 0 unspecified atom stereocenters. The van der Waals surface area contributed by atoms with Crippen LogP contribution >= 0.6 is 0 Å². The molecule has 0 atom stereocenters. The molecule has 0 aliphatic carbocycles. The summed E-state index contributed by atoms with van der Waals surface area (Å²) >= 11 is 0. The molecule has 1 aromatic heterocycles. The number of hydrogen-bond acceptors (Lipinski definition) is 2. The molecule has 100 valence electrons. The smallest absolute Gasteiger partial charge is 0.270 e. The molecular weight excluding hydrogens is 228 g/mol. The number of H-pyrrole nitrogens is 1. The van der Waals surface area contributed by atoms with Crippen molar-refractivity contribution in [2.24, 2.45) is 0 Å². The third kappa shape index (κ3) is 3.72. The number of Topliss-reactive ketones (excluding diaryl/α,β-unsaturated/α-hetero) is 1. The number of carbonyl (C=O) groups excluding carboxylic acids is 2. The van der Waals surface area contributed by atoms with E-state index < -0.39 is 0 Å². The van der Waals surface area contributed by atoms with Gasteiger partial charge >= 0.3 is 0 Å². The molecule has 0 radical (unpaired) electrons. The number of nitrogens with one attached hydrogen (secondary N) is 1. The summed E-state index contributed by atoms with van der Waals surface area (Å²) in [6, 6.07) is 3.35. The van der Waals surface area contributed by atoms with E-state index in [9.17, 15) is 9.59 Å². The highest BCUT2D eigenvalue weighted by Gasteiger charge is 2.16. The molecule has 0 bridgehead atoms. The number of rotatable bonds is 7. The van der Waals surface area contributed by atoms with Crippen molar-refractivity contribution in [2.45, 2.75) is 40.0 Å². The third-order valence-electron chi connectivity index (χ3n) is 2.86. The van der Waals surface area contributed by atoms with Gasteiger partial charge < -0.3 is 9.88 Å². The average Bonchev–Trinajstić information content (AvgIpc) is 2.83. The summed E-state index contributed by atoms with van der Waals surface area (Å²) in [7, 11) is 0. The quantitative estimate of drug-likeness (QED) is 0.756. The van der Waals surface area contributed by atoms with Gasteiger partial charge in [-0.3, -0.25) is 9.59 Å². The van der Waals surface area contributed by atoms with Crippen LogP contribution in [0.15, 0.2) is 12.1 Å². The van der Waals surface area contributed by atoms with Crippen LogP contribution in [0.3, 0.4) is 0 Å². The van der Waals surface area contributed by atoms with Crippen molar-refractivity contribution >= 4 is 11.7 Å². The Kier molecular flexibility index (Phi) is 5.62. The number of unbranched alkanes of at least 4 members (excludes halogenated alkanes) is 1. The van der Waals surface area contributed by atoms with Gasteiger partial charge in [-0.2, -0.15) is 0 Å². The maximum atomic E-state index is 12.3. The van der Waals surface area contributed by atoms with Gasteiger partial charge in [0.1, 0.15) is 5.69 Å². The molecule has 18 heavy (non-hydrogen) atoms. The average molecular weight is 250 g/mol. The number of amides is 1. The van der Waals surface area contributed by atoms with Crippen LogP contribution in [0.2, 0.25) is 0 Å². The van der Waals surface area contributed by atoms with Gasteiger partial charge in [-0.15, -0.1) is 0 Å². The van der Waals surface area contributed by atoms with E-state index in [1.54, 1.807) is 12.1 Å². The topological polar surface area (TPSA) is 53.2 Å². The van der Waals surface area contributed by atoms with Gasteiger partial charge in [0.05, 0.1) is 5.69 Å². The van der Waals surface area contributed by atoms with Crippen LogP contribution in [0.25, 0.3) is 0 Å². The first-order chi connectivity index (χ1) is 8.60. The number of ketones is 1. The number of aromatic nitrogens is 1. The summed E-state index contributed by atoms with van der Waals surface area (Å²) in [6.07, 6.45) is 3.01. The Balaban J connectivity index is 2.77. The lowest BCUT2D eigenvalue weighted by atomic mass is 10.2. The lowest BCUT2D eigenvalue weighted by Crippen LogP contribution is -2.33. The summed E-state index contributed by atoms with van der Waals surface area (Å²) in [5.74, 6) is -0.0672. The van der Waals surface area contributed by atoms with E-state index in [-0.39, 0.29) is 11.7 Å². The maximum Gasteiger partial charge on any atom is 0.270 e. The first-order valence-corrected chi connectivity index (χ1v) is 6.59. The molecule has 0 fully saturated rings. The normalized spacial score (nSPS) is 10.4. The number of aromatic amines is 1. The molecule has 0 aromatic carbocycles. The highest BCUT2D eigenvalue weighted by Crippen LogP contribution is 2.08. The zero-order chi connectivity index (χ0) is 13.5. The van der Waals surface area contributed by atoms with E-state index in [2.05, 4.69) is 18.8 Å². The van der Waals surface area contributed by atoms with Crippen LogP contribution in [0.4, 0.5) is 0 Å². The van der Waals surface area contributed by atoms with E-state index in [1.807, 2.05) is 4.90 Å². The highest BCUT2D eigenvalue weighted by atomic mass is 16.2. The summed E-state index contributed by atoms with van der Waals surface area (Å²) in [5.41, 5.74) is 0.995. The van der Waals surface area contributed by atoms with Gasteiger partial charge in [0.15, 0.2) is 5.78 Å². The third-order valence-corrected chi connectivity index (χ3v) is 2.86. The van der Waals surface area contributed by atoms with Gasteiger partial charge in [-0.1, -0.05) is 20.3 Å². The molecule has 1 N–H and O–H groups in total. The second-order valence-electron chi connectivity index (χ2n) is 4.49. The number of nitrogens with zero attached hydrogens (tertiary/aromatic N) is 1. The monoisotopic (exact) mass is 250 g/mol. The number of carbonyl (C=O) groups is 2. The first kappa shape index (κ1) is 14.5. The van der Waals surface area contributed by atoms with Gasteiger partial charge in [0.25, 0.3) is 5.91 Å². The van der Waals surface area contributed by atoms with Crippen LogP contribution in [0, 0.1) is 0 Å². The molecule has 1 aromatic rings. The van der Waals surface area contributed by atoms with E-state index in [0.29, 0.717) is 11.4 Å². The predicted octanol–water partition coefficient (Wildman–Crippen LogP) is 2.87. The van der Waals surface area contributed by atoms with Crippen LogP contribution < -0.4 is 0 Å². The van der Waals surface area contributed by atoms with Gasteiger partial charge in [0.2, 0.25) is 0 Å². The standard InChI is InChI=1S/C14H22N2O2/c1-4-6-10-16(9-5-2)14(18)13-8-7-12(15-13)11(3)17/h7-8,15H,4-6,9-10H2,1-3H3. The Labute approximate surface area is 108 Å². The van der Waals surface area contributed by atoms with Gasteiger partial charge in [0, 0.05) is 20.0 Å². The minimum Gasteiger partial charge on any atom is -0.348 e. The Morgan fingerprint density at radius 3 is 2.28 bits per heavy atom. The molecule has 1 rings (SSSR count). The Morgan fingerprint density at radius 2 is 1.78 bits per heavy atom. The maximum absolute atomic E-state index is 12.3. The van der Waals surface area contributed by atoms with E-state index in [0.717, 1.165) is 32.4 Å². The second kappa shape index (κ2) is 6.99. The lowest BCUT2D eigenvalue weighted by molar-refractivity contribution is 0.0748. The zero-order valence-electron chi connectivity index (χ0n) is 11.5. The van der Waals surface area contributed by atoms with Crippen LogP contribution in [0.5, 0.6) is 0 Å². The fourth-order valence-electron chi connectivity index (χ4n) is 1.83. The van der Waals surface area contributed by atoms with Crippen LogP contribution in [0.1, 0.15) is 61.0 Å². The van der Waals surface area contributed by atoms with E-state index in [4.69, 9.17) is 0 Å². The van der Waals surface area contributed by atoms with Gasteiger partial charge in [-0.25, -0.2) is 0 Å². The van der Waals surface area contributed by atoms with E-state index in [1.165, 1.54) is 6.92 Å². The summed E-state index contributed by atoms with van der Waals surface area (Å²) in [6.45, 7) is 7.19. The molecule has 0 saturated heterocycles. The fraction of sp³-hybridized carbons (Fsp3) is 0.571. The molecule has 4 nitrogen and oxygen atoms in total. The Hall–Kier alpha value is -1.58. The van der Waals surface area contributed by atoms with Crippen LogP contribution in [-0.4, -0.2) is 34.7 Å². The van der Waals surface area contributed by atoms with E-state index >= 15 is 0 Å². The Bertz CT molecular complexity index is 410. The van der Waals surface area contributed by atoms with Crippen molar-refractivity contribution in [2.75, 3.05) is 13.1 Å². The van der Waals surface area contributed by atoms with Gasteiger partial charge in [-0.05, 0) is 25.0 Å². The Morgan fingerprint density at radius 1 is 1.11 bits per heavy atom. The van der Waals surface area contributed by atoms with Crippen molar-refractivity contribution in [3.63, 3.8) is 0 Å². The van der Waals surface area contributed by atoms with Crippen molar-refractivity contribution in [3.05, 3.63) is 23.5 Å². The highest BCUT2D eigenvalue weighted by molar-refractivity contribution is 5.97. The molecule has 1 heterocycles. The fourth-order valence-corrected chi connectivity index (χ4v) is 1.83. The van der Waals surface area contributed by atoms with Crippen molar-refractivity contribution in [1.29, 1.82) is 0 Å². The minimum atomic E-state index is -0.0513. The number of hydrogen-bond donors (Lipinski definition) is 1. The summed E-state index contributed by atoms with van der Waals surface area (Å²) in [5, 5.41) is 0. The van der Waals surface area contributed by atoms with Crippen molar-refractivity contribution in [3.8, 4) is 0 Å². The molecular formula is C14H22N2O2. The largest absolute Gasteiger partial charge is 0.348 e. The lowest BCUT2D eigenvalue weighted by Gasteiger charge is -2.21. The summed E-state index contributed by atoms with van der Waals surface area (Å²) < 4.78 is 0. The first-order valence-electron chi connectivity index (χ1n) is 6.59. The molecule has 0 aliphatic heterocycles. The molecule has 0 aliphatic rings. The molecule has 0 saturated carbocycles. The molecule has 1 amide bonds. The SMILES string of the molecule is CCCCN(CCC)C(=O)c1ccc(C(C)=O)[nH]1. The molecule has 0 spiro atoms. The minimum absolute atomic E-state index is 0.0159. The zero-order valence-corrected chi connectivity index (χ0v) is 11.5. The summed E-state index contributed by atoms with van der Waals surface area (Å²) in [4.78, 5) is 28.2. The molecule has 4 heteroatoms. The van der Waals surface area contributed by atoms with Crippen molar-refractivity contribution < 1.29 is 9.59 Å².